The SMILES string of the molecule is CC(C)(C)OC(=O)NC(C)(C)C(NC(=O)c1ccc(C#Cc2ccc(CNCC(F)F)cc2)cc1)C(N)=O. The fourth-order valence-corrected chi connectivity index (χ4v) is 3.34. The van der Waals surface area contributed by atoms with E-state index in [1.165, 1.54) is 0 Å². The van der Waals surface area contributed by atoms with Gasteiger partial charge >= 0.3 is 6.09 Å². The van der Waals surface area contributed by atoms with Crippen molar-refractivity contribution in [2.45, 2.75) is 64.8 Å². The highest BCUT2D eigenvalue weighted by Crippen LogP contribution is 2.14. The lowest BCUT2D eigenvalue weighted by Gasteiger charge is -2.34. The van der Waals surface area contributed by atoms with Crippen LogP contribution in [0.5, 0.6) is 0 Å². The fraction of sp³-hybridized carbons (Fsp3) is 0.393. The maximum absolute atomic E-state index is 12.8. The number of hydrogen-bond acceptors (Lipinski definition) is 5. The quantitative estimate of drug-likeness (QED) is 0.372. The summed E-state index contributed by atoms with van der Waals surface area (Å²) in [4.78, 5) is 37.1. The van der Waals surface area contributed by atoms with E-state index in [0.29, 0.717) is 12.1 Å². The molecule has 0 heterocycles. The van der Waals surface area contributed by atoms with E-state index < -0.39 is 41.5 Å². The summed E-state index contributed by atoms with van der Waals surface area (Å²) >= 11 is 0. The number of benzene rings is 2. The molecule has 0 saturated carbocycles. The van der Waals surface area contributed by atoms with Gasteiger partial charge in [0.15, 0.2) is 0 Å². The van der Waals surface area contributed by atoms with Crippen LogP contribution in [0.2, 0.25) is 0 Å². The van der Waals surface area contributed by atoms with Gasteiger partial charge in [0, 0.05) is 23.2 Å². The maximum Gasteiger partial charge on any atom is 0.408 e. The number of alkyl halides is 2. The van der Waals surface area contributed by atoms with Crippen LogP contribution in [0.1, 0.15) is 61.7 Å². The van der Waals surface area contributed by atoms with Crippen molar-refractivity contribution in [3.05, 3.63) is 70.8 Å². The van der Waals surface area contributed by atoms with Crippen LogP contribution < -0.4 is 21.7 Å². The minimum atomic E-state index is -2.39. The van der Waals surface area contributed by atoms with Crippen LogP contribution >= 0.6 is 0 Å². The largest absolute Gasteiger partial charge is 0.444 e. The van der Waals surface area contributed by atoms with Gasteiger partial charge < -0.3 is 26.4 Å². The Bertz CT molecular complexity index is 1180. The van der Waals surface area contributed by atoms with Gasteiger partial charge in [0.05, 0.1) is 12.1 Å². The predicted molar refractivity (Wildman–Crippen MR) is 140 cm³/mol. The maximum atomic E-state index is 12.8. The second-order valence-corrected chi connectivity index (χ2v) is 10.2. The molecule has 1 unspecified atom stereocenters. The van der Waals surface area contributed by atoms with Gasteiger partial charge in [-0.25, -0.2) is 13.6 Å². The molecule has 2 aromatic rings. The Hall–Kier alpha value is -3.97. The zero-order valence-electron chi connectivity index (χ0n) is 22.2. The van der Waals surface area contributed by atoms with Crippen molar-refractivity contribution in [3.8, 4) is 11.8 Å². The van der Waals surface area contributed by atoms with Crippen molar-refractivity contribution in [2.24, 2.45) is 5.73 Å². The molecule has 5 N–H and O–H groups in total. The van der Waals surface area contributed by atoms with Gasteiger partial charge in [0.1, 0.15) is 11.6 Å². The molecule has 204 valence electrons. The molecule has 2 rings (SSSR count). The number of rotatable bonds is 9. The van der Waals surface area contributed by atoms with E-state index in [9.17, 15) is 23.2 Å². The zero-order chi connectivity index (χ0) is 28.5. The molecule has 2 aromatic carbocycles. The van der Waals surface area contributed by atoms with Gasteiger partial charge in [0.2, 0.25) is 5.91 Å². The first-order valence-corrected chi connectivity index (χ1v) is 12.0. The first kappa shape index (κ1) is 30.3. The molecule has 0 bridgehead atoms. The second kappa shape index (κ2) is 13.0. The number of carbonyl (C=O) groups is 3. The third-order valence-corrected chi connectivity index (χ3v) is 5.18. The van der Waals surface area contributed by atoms with Gasteiger partial charge in [-0.1, -0.05) is 24.0 Å². The zero-order valence-corrected chi connectivity index (χ0v) is 22.2. The van der Waals surface area contributed by atoms with Gasteiger partial charge in [-0.2, -0.15) is 0 Å². The predicted octanol–water partition coefficient (Wildman–Crippen LogP) is 3.33. The Labute approximate surface area is 221 Å². The highest BCUT2D eigenvalue weighted by Gasteiger charge is 2.37. The summed E-state index contributed by atoms with van der Waals surface area (Å²) in [5.41, 5.74) is 6.08. The molecule has 8 nitrogen and oxygen atoms in total. The lowest BCUT2D eigenvalue weighted by Crippen LogP contribution is -2.64. The van der Waals surface area contributed by atoms with E-state index in [2.05, 4.69) is 27.8 Å². The Balaban J connectivity index is 2.03. The number of nitrogens with two attached hydrogens (primary N) is 1. The summed E-state index contributed by atoms with van der Waals surface area (Å²) in [7, 11) is 0. The third-order valence-electron chi connectivity index (χ3n) is 5.18. The van der Waals surface area contributed by atoms with Crippen LogP contribution in [0.15, 0.2) is 48.5 Å². The number of ether oxygens (including phenoxy) is 1. The summed E-state index contributed by atoms with van der Waals surface area (Å²) in [6.45, 7) is 8.20. The Morgan fingerprint density at radius 1 is 0.921 bits per heavy atom. The van der Waals surface area contributed by atoms with Crippen molar-refractivity contribution in [1.82, 2.24) is 16.0 Å². The van der Waals surface area contributed by atoms with Crippen molar-refractivity contribution in [3.63, 3.8) is 0 Å². The number of primary amides is 1. The average Bonchev–Trinajstić information content (AvgIpc) is 2.80. The van der Waals surface area contributed by atoms with Crippen LogP contribution in [0, 0.1) is 11.8 Å². The van der Waals surface area contributed by atoms with E-state index in [1.54, 1.807) is 71.0 Å². The number of hydrogen-bond donors (Lipinski definition) is 4. The third kappa shape index (κ3) is 10.2. The van der Waals surface area contributed by atoms with E-state index in [-0.39, 0.29) is 12.1 Å². The number of amides is 3. The topological polar surface area (TPSA) is 123 Å². The molecular weight excluding hydrogens is 494 g/mol. The van der Waals surface area contributed by atoms with E-state index >= 15 is 0 Å². The van der Waals surface area contributed by atoms with E-state index in [0.717, 1.165) is 11.1 Å². The monoisotopic (exact) mass is 528 g/mol. The van der Waals surface area contributed by atoms with Gasteiger partial charge in [0.25, 0.3) is 12.3 Å². The number of nitrogens with one attached hydrogen (secondary N) is 3. The lowest BCUT2D eigenvalue weighted by atomic mass is 9.93. The molecule has 0 saturated heterocycles. The van der Waals surface area contributed by atoms with Crippen LogP contribution in [-0.2, 0) is 16.1 Å². The summed E-state index contributed by atoms with van der Waals surface area (Å²) < 4.78 is 29.7. The molecule has 0 aliphatic rings. The normalized spacial score (nSPS) is 12.2. The van der Waals surface area contributed by atoms with E-state index in [1.807, 2.05) is 12.1 Å². The molecule has 0 aliphatic heterocycles. The number of carbonyl (C=O) groups excluding carboxylic acids is 3. The van der Waals surface area contributed by atoms with Gasteiger partial charge in [-0.3, -0.25) is 9.59 Å². The molecule has 0 aromatic heterocycles. The van der Waals surface area contributed by atoms with Crippen LogP contribution in [-0.4, -0.2) is 48.1 Å². The Morgan fingerprint density at radius 3 is 1.92 bits per heavy atom. The van der Waals surface area contributed by atoms with Crippen molar-refractivity contribution in [1.29, 1.82) is 0 Å². The lowest BCUT2D eigenvalue weighted by molar-refractivity contribution is -0.121. The first-order valence-electron chi connectivity index (χ1n) is 12.0. The minimum absolute atomic E-state index is 0.274. The van der Waals surface area contributed by atoms with Crippen LogP contribution in [0.3, 0.4) is 0 Å². The summed E-state index contributed by atoms with van der Waals surface area (Å²) in [5, 5.41) is 7.83. The molecule has 0 fully saturated rings. The van der Waals surface area contributed by atoms with Gasteiger partial charge in [-0.15, -0.1) is 0 Å². The molecule has 0 aliphatic carbocycles. The van der Waals surface area contributed by atoms with Crippen LogP contribution in [0.25, 0.3) is 0 Å². The van der Waals surface area contributed by atoms with Crippen LogP contribution in [0.4, 0.5) is 13.6 Å². The standard InChI is InChI=1S/C28H34F2N4O4/c1-27(2,3)38-26(37)34-28(4,5)23(24(31)35)33-25(36)21-14-12-19(13-15-21)7-6-18-8-10-20(11-9-18)16-32-17-22(29)30/h8-15,22-23,32H,16-17H2,1-5H3,(H2,31,35)(H,33,36)(H,34,37). The summed E-state index contributed by atoms with van der Waals surface area (Å²) in [6, 6.07) is 12.4. The summed E-state index contributed by atoms with van der Waals surface area (Å²) in [6.07, 6.45) is -3.14. The van der Waals surface area contributed by atoms with E-state index in [4.69, 9.17) is 10.5 Å². The molecule has 1 atom stereocenters. The molecule has 10 heteroatoms. The van der Waals surface area contributed by atoms with Crippen molar-refractivity contribution in [2.75, 3.05) is 6.54 Å². The molecular formula is C28H34F2N4O4. The highest BCUT2D eigenvalue weighted by molar-refractivity contribution is 5.98. The smallest absolute Gasteiger partial charge is 0.408 e. The Kier molecular flexibility index (Phi) is 10.4. The minimum Gasteiger partial charge on any atom is -0.444 e. The Morgan fingerprint density at radius 2 is 1.45 bits per heavy atom. The first-order chi connectivity index (χ1) is 17.7. The van der Waals surface area contributed by atoms with Gasteiger partial charge in [-0.05, 0) is 76.6 Å². The molecule has 38 heavy (non-hydrogen) atoms. The van der Waals surface area contributed by atoms with Crippen molar-refractivity contribution >= 4 is 17.9 Å². The molecule has 0 radical (unpaired) electrons. The average molecular weight is 529 g/mol. The highest BCUT2D eigenvalue weighted by atomic mass is 19.3. The molecule has 0 spiro atoms. The fourth-order valence-electron chi connectivity index (χ4n) is 3.34. The summed E-state index contributed by atoms with van der Waals surface area (Å²) in [5.74, 6) is 4.63. The molecule has 3 amide bonds. The second-order valence-electron chi connectivity index (χ2n) is 10.2. The number of alkyl carbamates (subject to hydrolysis) is 1. The van der Waals surface area contributed by atoms with Crippen molar-refractivity contribution < 1.29 is 27.9 Å². The number of halogens is 2.